The third-order valence-electron chi connectivity index (χ3n) is 4.72. The van der Waals surface area contributed by atoms with Crippen LogP contribution in [-0.4, -0.2) is 106 Å². The third-order valence-corrected chi connectivity index (χ3v) is 4.72. The van der Waals surface area contributed by atoms with Gasteiger partial charge in [-0.25, -0.2) is 4.99 Å². The van der Waals surface area contributed by atoms with Crippen molar-refractivity contribution in [2.24, 2.45) is 10.1 Å². The molecule has 0 spiro atoms. The fraction of sp³-hybridized carbons (Fsp3) is 0.929. The second kappa shape index (κ2) is 8.22. The molecular formula is C14H22N4O9. The first-order valence-corrected chi connectivity index (χ1v) is 8.38. The summed E-state index contributed by atoms with van der Waals surface area (Å²) in [6.45, 7) is 0.754. The molecule has 4 unspecified atom stereocenters. The van der Waals surface area contributed by atoms with E-state index in [1.807, 2.05) is 0 Å². The lowest BCUT2D eigenvalue weighted by atomic mass is 9.96. The van der Waals surface area contributed by atoms with E-state index in [1.165, 1.54) is 0 Å². The van der Waals surface area contributed by atoms with E-state index >= 15 is 0 Å². The molecule has 27 heavy (non-hydrogen) atoms. The first-order valence-electron chi connectivity index (χ1n) is 8.38. The van der Waals surface area contributed by atoms with Crippen molar-refractivity contribution < 1.29 is 44.5 Å². The SMILES string of the molecule is CC1=NC2[C@@H](O1)OC(CO)[C@@H](O[C@@H]1OC(CN=[N+]=[N-])[C@H](O)[C@H](O)C1O)[C@@H]2O. The molecule has 13 heteroatoms. The van der Waals surface area contributed by atoms with E-state index < -0.39 is 68.0 Å². The Labute approximate surface area is 153 Å². The van der Waals surface area contributed by atoms with Crippen LogP contribution in [0, 0.1) is 0 Å². The quantitative estimate of drug-likeness (QED) is 0.189. The lowest BCUT2D eigenvalue weighted by Crippen LogP contribution is -2.63. The predicted molar refractivity (Wildman–Crippen MR) is 85.3 cm³/mol. The van der Waals surface area contributed by atoms with Crippen molar-refractivity contribution in [3.05, 3.63) is 10.4 Å². The molecule has 0 aromatic rings. The van der Waals surface area contributed by atoms with Crippen LogP contribution < -0.4 is 0 Å². The molecule has 0 radical (unpaired) electrons. The van der Waals surface area contributed by atoms with E-state index in [0.29, 0.717) is 5.90 Å². The number of nitrogens with zero attached hydrogens (tertiary/aromatic N) is 4. The Balaban J connectivity index is 1.75. The van der Waals surface area contributed by atoms with Gasteiger partial charge in [-0.2, -0.15) is 0 Å². The number of hydrogen-bond donors (Lipinski definition) is 5. The molecule has 2 saturated heterocycles. The maximum absolute atomic E-state index is 10.6. The molecule has 152 valence electrons. The van der Waals surface area contributed by atoms with Gasteiger partial charge in [0.25, 0.3) is 0 Å². The lowest BCUT2D eigenvalue weighted by Gasteiger charge is -2.45. The second-order valence-corrected chi connectivity index (χ2v) is 6.50. The standard InChI is InChI=1S/C14H22N4O9/c1-4-17-7-9(21)12(6(3-19)26-13(7)24-4)27-14-11(23)10(22)8(20)5(25-14)2-16-18-15/h5-14,19-23H,2-3H2,1H3/t5?,6?,7?,8-,9+,10-,11?,12+,13-,14-/m0/s1. The number of aliphatic hydroxyl groups is 5. The van der Waals surface area contributed by atoms with Crippen molar-refractivity contribution in [2.75, 3.05) is 13.2 Å². The molecule has 3 rings (SSSR count). The zero-order valence-electron chi connectivity index (χ0n) is 14.3. The van der Waals surface area contributed by atoms with E-state index in [4.69, 9.17) is 24.5 Å². The minimum atomic E-state index is -1.66. The van der Waals surface area contributed by atoms with Crippen molar-refractivity contribution in [3.63, 3.8) is 0 Å². The Hall–Kier alpha value is -1.54. The number of aliphatic hydroxyl groups excluding tert-OH is 5. The van der Waals surface area contributed by atoms with Gasteiger partial charge in [-0.3, -0.25) is 0 Å². The zero-order chi connectivity index (χ0) is 19.7. The average Bonchev–Trinajstić information content (AvgIpc) is 3.03. The van der Waals surface area contributed by atoms with Gasteiger partial charge in [0.05, 0.1) is 19.3 Å². The highest BCUT2D eigenvalue weighted by atomic mass is 16.7. The molecule has 13 nitrogen and oxygen atoms in total. The zero-order valence-corrected chi connectivity index (χ0v) is 14.3. The Kier molecular flexibility index (Phi) is 6.15. The van der Waals surface area contributed by atoms with Crippen LogP contribution in [0.25, 0.3) is 10.4 Å². The van der Waals surface area contributed by atoms with Gasteiger partial charge < -0.3 is 44.5 Å². The largest absolute Gasteiger partial charge is 0.450 e. The highest BCUT2D eigenvalue weighted by molar-refractivity contribution is 5.75. The fourth-order valence-electron chi connectivity index (χ4n) is 3.32. The lowest BCUT2D eigenvalue weighted by molar-refractivity contribution is -0.337. The van der Waals surface area contributed by atoms with Gasteiger partial charge in [0.1, 0.15) is 42.7 Å². The number of aliphatic imine (C=N–C) groups is 1. The monoisotopic (exact) mass is 390 g/mol. The Bertz CT molecular complexity index is 615. The molecule has 0 aromatic carbocycles. The highest BCUT2D eigenvalue weighted by Gasteiger charge is 2.52. The molecule has 3 aliphatic heterocycles. The molecule has 10 atom stereocenters. The van der Waals surface area contributed by atoms with Gasteiger partial charge in [0, 0.05) is 11.8 Å². The van der Waals surface area contributed by atoms with Crippen LogP contribution >= 0.6 is 0 Å². The van der Waals surface area contributed by atoms with Crippen LogP contribution in [0.15, 0.2) is 10.1 Å². The van der Waals surface area contributed by atoms with Crippen LogP contribution in [0.3, 0.4) is 0 Å². The molecule has 0 aliphatic carbocycles. The van der Waals surface area contributed by atoms with Crippen molar-refractivity contribution in [2.45, 2.75) is 68.3 Å². The van der Waals surface area contributed by atoms with Crippen LogP contribution in [0.4, 0.5) is 0 Å². The molecule has 5 N–H and O–H groups in total. The first kappa shape index (κ1) is 20.2. The molecule has 0 bridgehead atoms. The maximum Gasteiger partial charge on any atom is 0.227 e. The summed E-state index contributed by atoms with van der Waals surface area (Å²) in [6.07, 6.45) is -11.7. The molecule has 0 amide bonds. The molecule has 0 saturated carbocycles. The Morgan fingerprint density at radius 1 is 1.11 bits per heavy atom. The topological polar surface area (TPSA) is 199 Å². The normalized spacial score (nSPS) is 46.8. The van der Waals surface area contributed by atoms with Crippen LogP contribution in [0.5, 0.6) is 0 Å². The van der Waals surface area contributed by atoms with Crippen LogP contribution in [0.2, 0.25) is 0 Å². The van der Waals surface area contributed by atoms with E-state index in [-0.39, 0.29) is 6.54 Å². The van der Waals surface area contributed by atoms with Crippen molar-refractivity contribution in [3.8, 4) is 0 Å². The maximum atomic E-state index is 10.6. The van der Waals surface area contributed by atoms with Crippen LogP contribution in [-0.2, 0) is 18.9 Å². The minimum Gasteiger partial charge on any atom is -0.450 e. The van der Waals surface area contributed by atoms with Crippen molar-refractivity contribution in [1.82, 2.24) is 0 Å². The minimum absolute atomic E-state index is 0.309. The highest BCUT2D eigenvalue weighted by Crippen LogP contribution is 2.32. The summed E-state index contributed by atoms with van der Waals surface area (Å²) in [5.74, 6) is 0.309. The molecule has 3 aliphatic rings. The summed E-state index contributed by atoms with van der Waals surface area (Å²) in [7, 11) is 0. The van der Waals surface area contributed by atoms with E-state index in [1.54, 1.807) is 6.92 Å². The second-order valence-electron chi connectivity index (χ2n) is 6.50. The van der Waals surface area contributed by atoms with Crippen molar-refractivity contribution in [1.29, 1.82) is 0 Å². The number of azide groups is 1. The van der Waals surface area contributed by atoms with Gasteiger partial charge in [-0.15, -0.1) is 0 Å². The smallest absolute Gasteiger partial charge is 0.227 e. The van der Waals surface area contributed by atoms with Crippen molar-refractivity contribution >= 4 is 5.90 Å². The molecule has 0 aromatic heterocycles. The summed E-state index contributed by atoms with van der Waals surface area (Å²) >= 11 is 0. The number of rotatable bonds is 5. The number of fused-ring (bicyclic) bond motifs is 1. The number of hydrogen-bond acceptors (Lipinski definition) is 11. The Morgan fingerprint density at radius 3 is 2.52 bits per heavy atom. The van der Waals surface area contributed by atoms with Gasteiger partial charge in [-0.1, -0.05) is 5.11 Å². The van der Waals surface area contributed by atoms with Gasteiger partial charge in [-0.05, 0) is 5.53 Å². The average molecular weight is 390 g/mol. The summed E-state index contributed by atoms with van der Waals surface area (Å²) in [6, 6.07) is -0.798. The Morgan fingerprint density at radius 2 is 1.85 bits per heavy atom. The van der Waals surface area contributed by atoms with E-state index in [2.05, 4.69) is 15.0 Å². The van der Waals surface area contributed by atoms with Gasteiger partial charge in [0.15, 0.2) is 12.2 Å². The van der Waals surface area contributed by atoms with E-state index in [9.17, 15) is 25.5 Å². The first-order chi connectivity index (χ1) is 12.9. The van der Waals surface area contributed by atoms with Gasteiger partial charge in [0.2, 0.25) is 6.29 Å². The summed E-state index contributed by atoms with van der Waals surface area (Å²) < 4.78 is 21.9. The van der Waals surface area contributed by atoms with Gasteiger partial charge >= 0.3 is 0 Å². The summed E-state index contributed by atoms with van der Waals surface area (Å²) in [5.41, 5.74) is 8.41. The predicted octanol–water partition coefficient (Wildman–Crippen LogP) is -2.62. The molecule has 3 heterocycles. The molecular weight excluding hydrogens is 368 g/mol. The van der Waals surface area contributed by atoms with Crippen LogP contribution in [0.1, 0.15) is 6.92 Å². The summed E-state index contributed by atoms with van der Waals surface area (Å²) in [4.78, 5) is 6.67. The molecule has 2 fully saturated rings. The van der Waals surface area contributed by atoms with E-state index in [0.717, 1.165) is 0 Å². The summed E-state index contributed by atoms with van der Waals surface area (Å²) in [5, 5.41) is 53.5. The fourth-order valence-corrected chi connectivity index (χ4v) is 3.32. The third kappa shape index (κ3) is 3.87. The number of ether oxygens (including phenoxy) is 4.